The highest BCUT2D eigenvalue weighted by molar-refractivity contribution is 5.93. The van der Waals surface area contributed by atoms with Crippen LogP contribution in [0.4, 0.5) is 0 Å². The molecule has 1 aromatic carbocycles. The Morgan fingerprint density at radius 1 is 0.769 bits per heavy atom. The Morgan fingerprint density at radius 2 is 1.12 bits per heavy atom. The molecule has 0 aliphatic rings. The summed E-state index contributed by atoms with van der Waals surface area (Å²) in [6, 6.07) is 6.03. The minimum atomic E-state index is -0.490. The summed E-state index contributed by atoms with van der Waals surface area (Å²) in [6.07, 6.45) is 3.03. The zero-order chi connectivity index (χ0) is 19.4. The van der Waals surface area contributed by atoms with Crippen molar-refractivity contribution in [1.29, 1.82) is 0 Å². The zero-order valence-electron chi connectivity index (χ0n) is 15.6. The fraction of sp³-hybridized carbons (Fsp3) is 0.600. The summed E-state index contributed by atoms with van der Waals surface area (Å²) in [7, 11) is 0. The molecule has 0 saturated carbocycles. The molecule has 0 bridgehead atoms. The third-order valence-electron chi connectivity index (χ3n) is 3.97. The second kappa shape index (κ2) is 12.4. The molecule has 0 heterocycles. The van der Waals surface area contributed by atoms with Gasteiger partial charge >= 0.3 is 11.9 Å². The standard InChI is InChI=1S/C20H30O6/c1-3-5-17(21)11-13-25-19(23)15-7-9-16(10-8-15)20(24)26-14-12-18(22)6-4-2/h7-10,17-18,21-22H,3-6,11-14H2,1-2H3. The van der Waals surface area contributed by atoms with Gasteiger partial charge in [-0.2, -0.15) is 0 Å². The molecule has 0 aromatic heterocycles. The molecule has 0 saturated heterocycles. The van der Waals surface area contributed by atoms with Crippen LogP contribution in [0, 0.1) is 0 Å². The lowest BCUT2D eigenvalue weighted by Crippen LogP contribution is -2.14. The van der Waals surface area contributed by atoms with Crippen LogP contribution in [0.3, 0.4) is 0 Å². The first-order valence-electron chi connectivity index (χ1n) is 9.28. The lowest BCUT2D eigenvalue weighted by atomic mass is 10.1. The largest absolute Gasteiger partial charge is 0.462 e. The van der Waals surface area contributed by atoms with Crippen molar-refractivity contribution in [2.45, 2.75) is 64.6 Å². The molecule has 2 atom stereocenters. The van der Waals surface area contributed by atoms with Gasteiger partial charge in [0.05, 0.1) is 36.5 Å². The van der Waals surface area contributed by atoms with Crippen molar-refractivity contribution in [1.82, 2.24) is 0 Å². The summed E-state index contributed by atoms with van der Waals surface area (Å²) < 4.78 is 10.2. The smallest absolute Gasteiger partial charge is 0.338 e. The molecular formula is C20H30O6. The Morgan fingerprint density at radius 3 is 1.42 bits per heavy atom. The van der Waals surface area contributed by atoms with Crippen LogP contribution in [0.1, 0.15) is 73.1 Å². The monoisotopic (exact) mass is 366 g/mol. The van der Waals surface area contributed by atoms with E-state index in [-0.39, 0.29) is 13.2 Å². The number of benzene rings is 1. The van der Waals surface area contributed by atoms with Crippen molar-refractivity contribution in [3.8, 4) is 0 Å². The minimum absolute atomic E-state index is 0.157. The van der Waals surface area contributed by atoms with Gasteiger partial charge in [0.2, 0.25) is 0 Å². The number of aliphatic hydroxyl groups is 2. The first kappa shape index (κ1) is 22.1. The highest BCUT2D eigenvalue weighted by Crippen LogP contribution is 2.10. The van der Waals surface area contributed by atoms with Crippen LogP contribution >= 0.6 is 0 Å². The van der Waals surface area contributed by atoms with Crippen LogP contribution in [0.5, 0.6) is 0 Å². The van der Waals surface area contributed by atoms with Gasteiger partial charge in [0.15, 0.2) is 0 Å². The summed E-state index contributed by atoms with van der Waals surface area (Å²) in [4.78, 5) is 23.9. The molecule has 0 aliphatic carbocycles. The molecule has 2 unspecified atom stereocenters. The lowest BCUT2D eigenvalue weighted by molar-refractivity contribution is 0.0407. The van der Waals surface area contributed by atoms with Gasteiger partial charge in [-0.05, 0) is 37.1 Å². The van der Waals surface area contributed by atoms with E-state index in [9.17, 15) is 19.8 Å². The third-order valence-corrected chi connectivity index (χ3v) is 3.97. The average Bonchev–Trinajstić information content (AvgIpc) is 2.62. The van der Waals surface area contributed by atoms with Crippen molar-refractivity contribution in [2.75, 3.05) is 13.2 Å². The van der Waals surface area contributed by atoms with E-state index >= 15 is 0 Å². The van der Waals surface area contributed by atoms with E-state index < -0.39 is 24.1 Å². The maximum Gasteiger partial charge on any atom is 0.338 e. The Kier molecular flexibility index (Phi) is 10.6. The number of aliphatic hydroxyl groups excluding tert-OH is 2. The Hall–Kier alpha value is -1.92. The van der Waals surface area contributed by atoms with Crippen LogP contribution in [-0.4, -0.2) is 47.6 Å². The number of rotatable bonds is 12. The maximum atomic E-state index is 11.9. The number of esters is 2. The van der Waals surface area contributed by atoms with Gasteiger partial charge in [0.25, 0.3) is 0 Å². The van der Waals surface area contributed by atoms with Crippen molar-refractivity contribution < 1.29 is 29.3 Å². The molecule has 26 heavy (non-hydrogen) atoms. The van der Waals surface area contributed by atoms with E-state index in [1.165, 1.54) is 24.3 Å². The molecule has 6 heteroatoms. The van der Waals surface area contributed by atoms with Crippen LogP contribution in [-0.2, 0) is 9.47 Å². The predicted octanol–water partition coefficient (Wildman–Crippen LogP) is 3.10. The van der Waals surface area contributed by atoms with Crippen molar-refractivity contribution >= 4 is 11.9 Å². The topological polar surface area (TPSA) is 93.1 Å². The van der Waals surface area contributed by atoms with E-state index in [2.05, 4.69) is 0 Å². The molecular weight excluding hydrogens is 336 g/mol. The fourth-order valence-electron chi connectivity index (χ4n) is 2.44. The first-order valence-corrected chi connectivity index (χ1v) is 9.28. The van der Waals surface area contributed by atoms with Crippen LogP contribution < -0.4 is 0 Å². The van der Waals surface area contributed by atoms with Gasteiger partial charge < -0.3 is 19.7 Å². The SMILES string of the molecule is CCCC(O)CCOC(=O)c1ccc(C(=O)OCCC(O)CCC)cc1. The van der Waals surface area contributed by atoms with Crippen molar-refractivity contribution in [3.63, 3.8) is 0 Å². The normalized spacial score (nSPS) is 13.1. The van der Waals surface area contributed by atoms with E-state index in [0.717, 1.165) is 12.8 Å². The predicted molar refractivity (Wildman–Crippen MR) is 98.1 cm³/mol. The Balaban J connectivity index is 2.39. The van der Waals surface area contributed by atoms with E-state index in [1.807, 2.05) is 13.8 Å². The zero-order valence-corrected chi connectivity index (χ0v) is 15.6. The molecule has 1 aromatic rings. The van der Waals surface area contributed by atoms with Gasteiger partial charge in [0, 0.05) is 12.8 Å². The highest BCUT2D eigenvalue weighted by atomic mass is 16.5. The van der Waals surface area contributed by atoms with Gasteiger partial charge in [0.1, 0.15) is 0 Å². The number of carbonyl (C=O) groups is 2. The van der Waals surface area contributed by atoms with Crippen LogP contribution in [0.15, 0.2) is 24.3 Å². The molecule has 6 nitrogen and oxygen atoms in total. The summed E-state index contributed by atoms with van der Waals surface area (Å²) in [5.74, 6) is -0.979. The Labute approximate surface area is 155 Å². The first-order chi connectivity index (χ1) is 12.5. The molecule has 2 N–H and O–H groups in total. The number of hydrogen-bond donors (Lipinski definition) is 2. The summed E-state index contributed by atoms with van der Waals surface area (Å²) in [5.41, 5.74) is 0.676. The number of hydrogen-bond acceptors (Lipinski definition) is 6. The minimum Gasteiger partial charge on any atom is -0.462 e. The van der Waals surface area contributed by atoms with E-state index in [4.69, 9.17) is 9.47 Å². The second-order valence-electron chi connectivity index (χ2n) is 6.31. The molecule has 0 fully saturated rings. The molecule has 0 radical (unpaired) electrons. The second-order valence-corrected chi connectivity index (χ2v) is 6.31. The molecule has 0 amide bonds. The van der Waals surface area contributed by atoms with Crippen molar-refractivity contribution in [3.05, 3.63) is 35.4 Å². The molecule has 146 valence electrons. The fourth-order valence-corrected chi connectivity index (χ4v) is 2.44. The maximum absolute atomic E-state index is 11.9. The Bertz CT molecular complexity index is 491. The lowest BCUT2D eigenvalue weighted by Gasteiger charge is -2.10. The van der Waals surface area contributed by atoms with Gasteiger partial charge in [-0.25, -0.2) is 9.59 Å². The van der Waals surface area contributed by atoms with Gasteiger partial charge in [-0.15, -0.1) is 0 Å². The van der Waals surface area contributed by atoms with Crippen molar-refractivity contribution in [2.24, 2.45) is 0 Å². The van der Waals surface area contributed by atoms with Gasteiger partial charge in [-0.1, -0.05) is 26.7 Å². The van der Waals surface area contributed by atoms with Gasteiger partial charge in [-0.3, -0.25) is 0 Å². The summed E-state index contributed by atoms with van der Waals surface area (Å²) >= 11 is 0. The average molecular weight is 366 g/mol. The van der Waals surface area contributed by atoms with E-state index in [0.29, 0.717) is 36.8 Å². The molecule has 0 aliphatic heterocycles. The number of carbonyl (C=O) groups excluding carboxylic acids is 2. The molecule has 1 rings (SSSR count). The van der Waals surface area contributed by atoms with Crippen LogP contribution in [0.2, 0.25) is 0 Å². The number of ether oxygens (including phenoxy) is 2. The summed E-state index contributed by atoms with van der Waals surface area (Å²) in [5, 5.41) is 19.2. The summed E-state index contributed by atoms with van der Waals surface area (Å²) in [6.45, 7) is 4.28. The molecule has 0 spiro atoms. The van der Waals surface area contributed by atoms with Crippen LogP contribution in [0.25, 0.3) is 0 Å². The third kappa shape index (κ3) is 8.45. The van der Waals surface area contributed by atoms with E-state index in [1.54, 1.807) is 0 Å². The highest BCUT2D eigenvalue weighted by Gasteiger charge is 2.12. The quantitative estimate of drug-likeness (QED) is 0.552.